The molecular formula is C6H10N2S. The van der Waals surface area contributed by atoms with E-state index >= 15 is 0 Å². The van der Waals surface area contributed by atoms with Crippen molar-refractivity contribution in [2.75, 3.05) is 0 Å². The highest BCUT2D eigenvalue weighted by molar-refractivity contribution is 8.14. The van der Waals surface area contributed by atoms with Crippen LogP contribution in [-0.4, -0.2) is 16.5 Å². The lowest BCUT2D eigenvalue weighted by Gasteiger charge is -2.01. The number of rotatable bonds is 0. The molecule has 1 aliphatic heterocycles. The Labute approximate surface area is 58.9 Å². The standard InChI is InChI=1S/C6H10N2S/c7-6-8-4-2-1-3-5(4)9-6/h4-5H,1-3H2,(H2,7,8). The molecule has 2 unspecified atom stereocenters. The lowest BCUT2D eigenvalue weighted by Crippen LogP contribution is -2.07. The van der Waals surface area contributed by atoms with Gasteiger partial charge >= 0.3 is 0 Å². The van der Waals surface area contributed by atoms with E-state index in [0.29, 0.717) is 6.04 Å². The maximum atomic E-state index is 5.54. The zero-order valence-electron chi connectivity index (χ0n) is 5.21. The van der Waals surface area contributed by atoms with E-state index in [2.05, 4.69) is 4.99 Å². The van der Waals surface area contributed by atoms with Gasteiger partial charge in [-0.2, -0.15) is 0 Å². The minimum Gasteiger partial charge on any atom is -0.379 e. The molecule has 0 aromatic rings. The smallest absolute Gasteiger partial charge is 0.154 e. The molecule has 0 spiro atoms. The van der Waals surface area contributed by atoms with Gasteiger partial charge < -0.3 is 5.73 Å². The molecule has 0 aromatic heterocycles. The fraction of sp³-hybridized carbons (Fsp3) is 0.833. The molecule has 2 aliphatic rings. The summed E-state index contributed by atoms with van der Waals surface area (Å²) in [6.45, 7) is 0. The van der Waals surface area contributed by atoms with Crippen LogP contribution in [0.15, 0.2) is 4.99 Å². The van der Waals surface area contributed by atoms with Crippen molar-refractivity contribution >= 4 is 16.9 Å². The van der Waals surface area contributed by atoms with Crippen molar-refractivity contribution in [2.24, 2.45) is 10.7 Å². The lowest BCUT2D eigenvalue weighted by molar-refractivity contribution is 0.731. The fourth-order valence-corrected chi connectivity index (χ4v) is 2.69. The van der Waals surface area contributed by atoms with Crippen LogP contribution in [0.3, 0.4) is 0 Å². The Morgan fingerprint density at radius 1 is 1.56 bits per heavy atom. The van der Waals surface area contributed by atoms with E-state index in [4.69, 9.17) is 5.73 Å². The average Bonchev–Trinajstić information content (AvgIpc) is 2.22. The molecule has 2 N–H and O–H groups in total. The maximum absolute atomic E-state index is 5.54. The Morgan fingerprint density at radius 2 is 2.44 bits per heavy atom. The second-order valence-electron chi connectivity index (χ2n) is 2.62. The van der Waals surface area contributed by atoms with Gasteiger partial charge in [-0.1, -0.05) is 18.2 Å². The van der Waals surface area contributed by atoms with Gasteiger partial charge in [0, 0.05) is 5.25 Å². The van der Waals surface area contributed by atoms with Crippen molar-refractivity contribution in [3.63, 3.8) is 0 Å². The van der Waals surface area contributed by atoms with E-state index in [1.807, 2.05) is 0 Å². The number of fused-ring (bicyclic) bond motifs is 1. The molecule has 9 heavy (non-hydrogen) atoms. The van der Waals surface area contributed by atoms with E-state index in [1.54, 1.807) is 11.8 Å². The van der Waals surface area contributed by atoms with Crippen molar-refractivity contribution in [2.45, 2.75) is 30.6 Å². The molecule has 3 heteroatoms. The Balaban J connectivity index is 2.13. The predicted octanol–water partition coefficient (Wildman–Crippen LogP) is 0.969. The first kappa shape index (κ1) is 5.59. The molecule has 1 saturated carbocycles. The predicted molar refractivity (Wildman–Crippen MR) is 40.6 cm³/mol. The van der Waals surface area contributed by atoms with Crippen LogP contribution in [0.1, 0.15) is 19.3 Å². The van der Waals surface area contributed by atoms with Crippen LogP contribution in [0.25, 0.3) is 0 Å². The van der Waals surface area contributed by atoms with Crippen molar-refractivity contribution in [3.8, 4) is 0 Å². The molecule has 0 amide bonds. The van der Waals surface area contributed by atoms with E-state index in [9.17, 15) is 0 Å². The molecule has 0 radical (unpaired) electrons. The number of amidine groups is 1. The van der Waals surface area contributed by atoms with Crippen LogP contribution < -0.4 is 5.73 Å². The molecular weight excluding hydrogens is 132 g/mol. The highest BCUT2D eigenvalue weighted by atomic mass is 32.2. The van der Waals surface area contributed by atoms with E-state index in [0.717, 1.165) is 10.4 Å². The van der Waals surface area contributed by atoms with E-state index in [1.165, 1.54) is 19.3 Å². The average molecular weight is 142 g/mol. The first-order chi connectivity index (χ1) is 4.36. The number of aliphatic imine (C=N–C) groups is 1. The zero-order chi connectivity index (χ0) is 6.27. The van der Waals surface area contributed by atoms with Crippen LogP contribution in [0.2, 0.25) is 0 Å². The molecule has 1 heterocycles. The fourth-order valence-electron chi connectivity index (χ4n) is 1.54. The van der Waals surface area contributed by atoms with Crippen molar-refractivity contribution in [1.29, 1.82) is 0 Å². The Bertz CT molecular complexity index is 155. The summed E-state index contributed by atoms with van der Waals surface area (Å²) in [7, 11) is 0. The van der Waals surface area contributed by atoms with Crippen molar-refractivity contribution in [3.05, 3.63) is 0 Å². The summed E-state index contributed by atoms with van der Waals surface area (Å²) >= 11 is 1.76. The number of hydrogen-bond acceptors (Lipinski definition) is 3. The van der Waals surface area contributed by atoms with Gasteiger partial charge in [0.15, 0.2) is 5.17 Å². The summed E-state index contributed by atoms with van der Waals surface area (Å²) in [6, 6.07) is 0.579. The summed E-state index contributed by atoms with van der Waals surface area (Å²) in [6.07, 6.45) is 3.93. The maximum Gasteiger partial charge on any atom is 0.154 e. The Morgan fingerprint density at radius 3 is 3.22 bits per heavy atom. The van der Waals surface area contributed by atoms with Crippen LogP contribution in [0, 0.1) is 0 Å². The number of hydrogen-bond donors (Lipinski definition) is 1. The Hall–Kier alpha value is -0.180. The molecule has 0 aromatic carbocycles. The normalized spacial score (nSPS) is 40.7. The topological polar surface area (TPSA) is 38.4 Å². The molecule has 2 rings (SSSR count). The lowest BCUT2D eigenvalue weighted by atomic mass is 10.3. The van der Waals surface area contributed by atoms with Gasteiger partial charge in [-0.25, -0.2) is 0 Å². The van der Waals surface area contributed by atoms with Gasteiger partial charge in [0.05, 0.1) is 6.04 Å². The summed E-state index contributed by atoms with van der Waals surface area (Å²) in [5.74, 6) is 0. The van der Waals surface area contributed by atoms with Crippen LogP contribution in [0.5, 0.6) is 0 Å². The molecule has 0 bridgehead atoms. The van der Waals surface area contributed by atoms with Crippen LogP contribution >= 0.6 is 11.8 Å². The van der Waals surface area contributed by atoms with Gasteiger partial charge in [-0.3, -0.25) is 4.99 Å². The first-order valence-electron chi connectivity index (χ1n) is 3.36. The third kappa shape index (κ3) is 0.834. The highest BCUT2D eigenvalue weighted by Crippen LogP contribution is 2.36. The Kier molecular flexibility index (Phi) is 1.18. The van der Waals surface area contributed by atoms with Gasteiger partial charge in [-0.05, 0) is 12.8 Å². The van der Waals surface area contributed by atoms with E-state index < -0.39 is 0 Å². The van der Waals surface area contributed by atoms with Crippen LogP contribution in [-0.2, 0) is 0 Å². The molecule has 0 saturated heterocycles. The van der Waals surface area contributed by atoms with Gasteiger partial charge in [0.25, 0.3) is 0 Å². The van der Waals surface area contributed by atoms with Gasteiger partial charge in [0.2, 0.25) is 0 Å². The molecule has 50 valence electrons. The summed E-state index contributed by atoms with van der Waals surface area (Å²) in [4.78, 5) is 4.31. The molecule has 1 fully saturated rings. The van der Waals surface area contributed by atoms with E-state index in [-0.39, 0.29) is 0 Å². The third-order valence-corrected chi connectivity index (χ3v) is 3.18. The second-order valence-corrected chi connectivity index (χ2v) is 3.88. The summed E-state index contributed by atoms with van der Waals surface area (Å²) in [5, 5.41) is 1.55. The van der Waals surface area contributed by atoms with Gasteiger partial charge in [0.1, 0.15) is 0 Å². The SMILES string of the molecule is NC1=NC2CCCC2S1. The van der Waals surface area contributed by atoms with Crippen molar-refractivity contribution in [1.82, 2.24) is 0 Å². The number of nitrogens with two attached hydrogens (primary N) is 1. The minimum atomic E-state index is 0.579. The van der Waals surface area contributed by atoms with Crippen molar-refractivity contribution < 1.29 is 0 Å². The summed E-state index contributed by atoms with van der Waals surface area (Å²) in [5.41, 5.74) is 5.54. The highest BCUT2D eigenvalue weighted by Gasteiger charge is 2.32. The molecule has 2 nitrogen and oxygen atoms in total. The summed E-state index contributed by atoms with van der Waals surface area (Å²) < 4.78 is 0. The van der Waals surface area contributed by atoms with Crippen LogP contribution in [0.4, 0.5) is 0 Å². The van der Waals surface area contributed by atoms with Gasteiger partial charge in [-0.15, -0.1) is 0 Å². The zero-order valence-corrected chi connectivity index (χ0v) is 6.03. The molecule has 2 atom stereocenters. The monoisotopic (exact) mass is 142 g/mol. The largest absolute Gasteiger partial charge is 0.379 e. The third-order valence-electron chi connectivity index (χ3n) is 1.98. The first-order valence-corrected chi connectivity index (χ1v) is 4.24. The second kappa shape index (κ2) is 1.90. The number of thioether (sulfide) groups is 1. The quantitative estimate of drug-likeness (QED) is 0.547. The minimum absolute atomic E-state index is 0.579. The number of nitrogens with zero attached hydrogens (tertiary/aromatic N) is 1. The molecule has 1 aliphatic carbocycles.